The zero-order valence-corrected chi connectivity index (χ0v) is 17.9. The van der Waals surface area contributed by atoms with Crippen molar-refractivity contribution in [2.24, 2.45) is 7.05 Å². The molecule has 4 rings (SSSR count). The fraction of sp³-hybridized carbons (Fsp3) is 0.455. The van der Waals surface area contributed by atoms with Crippen LogP contribution in [0, 0.1) is 0 Å². The number of hydrogen-bond donors (Lipinski definition) is 1. The van der Waals surface area contributed by atoms with Gasteiger partial charge in [0.15, 0.2) is 5.69 Å². The molecule has 0 atom stereocenters. The molecule has 0 spiro atoms. The molecule has 1 amide bonds. The highest BCUT2D eigenvalue weighted by Crippen LogP contribution is 2.29. The van der Waals surface area contributed by atoms with Crippen LogP contribution in [0.3, 0.4) is 0 Å². The Morgan fingerprint density at radius 3 is 2.74 bits per heavy atom. The van der Waals surface area contributed by atoms with Crippen molar-refractivity contribution in [2.75, 3.05) is 20.3 Å². The van der Waals surface area contributed by atoms with E-state index in [1.165, 1.54) is 0 Å². The Hall–Kier alpha value is -3.04. The van der Waals surface area contributed by atoms with Crippen molar-refractivity contribution in [3.05, 3.63) is 49.1 Å². The highest BCUT2D eigenvalue weighted by Gasteiger charge is 2.26. The Labute approximate surface area is 181 Å². The maximum absolute atomic E-state index is 13.2. The first-order valence-corrected chi connectivity index (χ1v) is 10.5. The molecule has 1 fully saturated rings. The van der Waals surface area contributed by atoms with Gasteiger partial charge in [0.2, 0.25) is 0 Å². The number of amides is 1. The summed E-state index contributed by atoms with van der Waals surface area (Å²) in [5.41, 5.74) is 2.86. The van der Waals surface area contributed by atoms with E-state index in [1.807, 2.05) is 30.1 Å². The number of carbonyl (C=O) groups is 1. The molecule has 1 saturated carbocycles. The lowest BCUT2D eigenvalue weighted by Crippen LogP contribution is -2.40. The number of ether oxygens (including phenoxy) is 2. The number of hydrogen-bond acceptors (Lipinski definition) is 6. The lowest BCUT2D eigenvalue weighted by molar-refractivity contribution is -0.00409. The zero-order chi connectivity index (χ0) is 21.6. The topological polar surface area (TPSA) is 96.1 Å². The van der Waals surface area contributed by atoms with Crippen LogP contribution in [0.2, 0.25) is 0 Å². The number of nitrogens with zero attached hydrogens (tertiary/aromatic N) is 5. The van der Waals surface area contributed by atoms with E-state index in [0.29, 0.717) is 24.6 Å². The first-order valence-electron chi connectivity index (χ1n) is 10.5. The third-order valence-electron chi connectivity index (χ3n) is 5.57. The zero-order valence-electron chi connectivity index (χ0n) is 17.9. The summed E-state index contributed by atoms with van der Waals surface area (Å²) in [5.74, 6) is -0.182. The van der Waals surface area contributed by atoms with Gasteiger partial charge in [0.25, 0.3) is 5.91 Å². The summed E-state index contributed by atoms with van der Waals surface area (Å²) in [7, 11) is 3.54. The van der Waals surface area contributed by atoms with E-state index in [2.05, 4.69) is 20.4 Å². The number of nitrogens with one attached hydrogen (secondary N) is 1. The molecule has 0 aliphatic heterocycles. The second kappa shape index (κ2) is 9.84. The van der Waals surface area contributed by atoms with Crippen LogP contribution in [0.5, 0.6) is 0 Å². The Morgan fingerprint density at radius 2 is 2.06 bits per heavy atom. The van der Waals surface area contributed by atoms with Crippen molar-refractivity contribution in [3.8, 4) is 16.8 Å². The van der Waals surface area contributed by atoms with Crippen molar-refractivity contribution < 1.29 is 14.3 Å². The molecule has 9 nitrogen and oxygen atoms in total. The van der Waals surface area contributed by atoms with E-state index in [9.17, 15) is 4.79 Å². The average Bonchev–Trinajstić information content (AvgIpc) is 3.46. The van der Waals surface area contributed by atoms with Gasteiger partial charge in [-0.25, -0.2) is 9.97 Å². The molecule has 164 valence electrons. The van der Waals surface area contributed by atoms with Crippen LogP contribution >= 0.6 is 0 Å². The smallest absolute Gasteiger partial charge is 0.272 e. The third-order valence-corrected chi connectivity index (χ3v) is 5.57. The Kier molecular flexibility index (Phi) is 6.73. The quantitative estimate of drug-likeness (QED) is 0.558. The highest BCUT2D eigenvalue weighted by molar-refractivity contribution is 5.98. The van der Waals surface area contributed by atoms with Gasteiger partial charge in [0, 0.05) is 56.1 Å². The summed E-state index contributed by atoms with van der Waals surface area (Å²) in [6.45, 7) is 1.21. The normalized spacial score (nSPS) is 18.8. The fourth-order valence-corrected chi connectivity index (χ4v) is 3.99. The van der Waals surface area contributed by atoms with Crippen LogP contribution in [0.25, 0.3) is 16.8 Å². The lowest BCUT2D eigenvalue weighted by atomic mass is 9.92. The Balaban J connectivity index is 1.51. The van der Waals surface area contributed by atoms with Gasteiger partial charge in [0.05, 0.1) is 37.5 Å². The number of imidazole rings is 1. The molecule has 31 heavy (non-hydrogen) atoms. The van der Waals surface area contributed by atoms with E-state index in [1.54, 1.807) is 36.7 Å². The number of rotatable bonds is 8. The predicted molar refractivity (Wildman–Crippen MR) is 115 cm³/mol. The number of pyridine rings is 1. The van der Waals surface area contributed by atoms with Crippen LogP contribution < -0.4 is 5.32 Å². The van der Waals surface area contributed by atoms with Crippen LogP contribution in [0.15, 0.2) is 43.4 Å². The van der Waals surface area contributed by atoms with Crippen molar-refractivity contribution in [3.63, 3.8) is 0 Å². The maximum Gasteiger partial charge on any atom is 0.272 e. The molecule has 3 aromatic heterocycles. The monoisotopic (exact) mass is 424 g/mol. The minimum Gasteiger partial charge on any atom is -0.382 e. The molecular formula is C22H28N6O3. The number of aromatic nitrogens is 5. The lowest BCUT2D eigenvalue weighted by Gasteiger charge is -2.29. The Morgan fingerprint density at radius 1 is 1.23 bits per heavy atom. The molecule has 9 heteroatoms. The predicted octanol–water partition coefficient (Wildman–Crippen LogP) is 2.37. The second-order valence-electron chi connectivity index (χ2n) is 7.74. The van der Waals surface area contributed by atoms with E-state index < -0.39 is 0 Å². The van der Waals surface area contributed by atoms with Crippen molar-refractivity contribution in [1.82, 2.24) is 29.6 Å². The van der Waals surface area contributed by atoms with Crippen LogP contribution in [-0.2, 0) is 16.5 Å². The van der Waals surface area contributed by atoms with Crippen LogP contribution in [0.4, 0.5) is 0 Å². The van der Waals surface area contributed by atoms with Gasteiger partial charge >= 0.3 is 0 Å². The number of carbonyl (C=O) groups excluding carboxylic acids is 1. The minimum atomic E-state index is -0.182. The standard InChI is InChI=1S/C22H28N6O3/c1-27-14-16(13-25-27)19-7-8-24-20(21(19)28-10-9-23-15-28)22(29)26-17-3-5-18(6-4-17)31-12-11-30-2/h7-10,13-15,17-18H,3-6,11-12H2,1-2H3,(H,26,29). The number of aryl methyl sites for hydroxylation is 1. The van der Waals surface area contributed by atoms with Gasteiger partial charge in [-0.05, 0) is 31.7 Å². The highest BCUT2D eigenvalue weighted by atomic mass is 16.5. The third kappa shape index (κ3) is 5.00. The van der Waals surface area contributed by atoms with Gasteiger partial charge in [-0.3, -0.25) is 9.48 Å². The molecule has 0 unspecified atom stereocenters. The average molecular weight is 425 g/mol. The molecule has 1 N–H and O–H groups in total. The van der Waals surface area contributed by atoms with Crippen molar-refractivity contribution in [1.29, 1.82) is 0 Å². The van der Waals surface area contributed by atoms with Crippen LogP contribution in [0.1, 0.15) is 36.2 Å². The first kappa shape index (κ1) is 21.2. The molecule has 1 aliphatic carbocycles. The summed E-state index contributed by atoms with van der Waals surface area (Å²) in [4.78, 5) is 21.8. The molecule has 1 aliphatic rings. The van der Waals surface area contributed by atoms with E-state index >= 15 is 0 Å². The summed E-state index contributed by atoms with van der Waals surface area (Å²) in [5, 5.41) is 7.44. The maximum atomic E-state index is 13.2. The largest absolute Gasteiger partial charge is 0.382 e. The summed E-state index contributed by atoms with van der Waals surface area (Å²) >= 11 is 0. The van der Waals surface area contributed by atoms with E-state index in [-0.39, 0.29) is 18.1 Å². The summed E-state index contributed by atoms with van der Waals surface area (Å²) in [6, 6.07) is 2.00. The molecule has 0 radical (unpaired) electrons. The van der Waals surface area contributed by atoms with Gasteiger partial charge in [-0.15, -0.1) is 0 Å². The molecule has 3 aromatic rings. The first-order chi connectivity index (χ1) is 15.2. The van der Waals surface area contributed by atoms with Crippen molar-refractivity contribution >= 4 is 5.91 Å². The molecule has 0 bridgehead atoms. The molecular weight excluding hydrogens is 396 g/mol. The van der Waals surface area contributed by atoms with Gasteiger partial charge in [-0.2, -0.15) is 5.10 Å². The van der Waals surface area contributed by atoms with Gasteiger partial charge < -0.3 is 19.4 Å². The fourth-order valence-electron chi connectivity index (χ4n) is 3.99. The van der Waals surface area contributed by atoms with E-state index in [4.69, 9.17) is 9.47 Å². The van der Waals surface area contributed by atoms with Crippen molar-refractivity contribution in [2.45, 2.75) is 37.8 Å². The molecule has 3 heterocycles. The molecule has 0 aromatic carbocycles. The van der Waals surface area contributed by atoms with Gasteiger partial charge in [0.1, 0.15) is 0 Å². The minimum absolute atomic E-state index is 0.106. The van der Waals surface area contributed by atoms with Gasteiger partial charge in [-0.1, -0.05) is 0 Å². The second-order valence-corrected chi connectivity index (χ2v) is 7.74. The van der Waals surface area contributed by atoms with E-state index in [0.717, 1.165) is 36.8 Å². The summed E-state index contributed by atoms with van der Waals surface area (Å²) < 4.78 is 14.4. The number of methoxy groups -OCH3 is 1. The molecule has 0 saturated heterocycles. The SMILES string of the molecule is COCCOC1CCC(NC(=O)c2nccc(-c3cnn(C)c3)c2-n2ccnc2)CC1. The summed E-state index contributed by atoms with van der Waals surface area (Å²) in [6.07, 6.45) is 14.4. The Bertz CT molecular complexity index is 993. The van der Waals surface area contributed by atoms with Crippen LogP contribution in [-0.4, -0.2) is 62.7 Å².